The third-order valence-corrected chi connectivity index (χ3v) is 1.52. The molecule has 0 bridgehead atoms. The standard InChI is InChI=1S/C9H11NO3.ClH/c10-5-7-1-3-8(4-2-7)13-6-9(11)12;/h1-4H,5-6,10H2,(H,11,12);1H. The van der Waals surface area contributed by atoms with Gasteiger partial charge in [0, 0.05) is 6.54 Å². The van der Waals surface area contributed by atoms with Crippen molar-refractivity contribution in [3.8, 4) is 5.75 Å². The molecule has 0 heterocycles. The van der Waals surface area contributed by atoms with Crippen LogP contribution < -0.4 is 10.5 Å². The number of halogens is 1. The van der Waals surface area contributed by atoms with Gasteiger partial charge in [0.1, 0.15) is 5.75 Å². The highest BCUT2D eigenvalue weighted by molar-refractivity contribution is 5.85. The van der Waals surface area contributed by atoms with E-state index in [0.29, 0.717) is 12.3 Å². The third-order valence-electron chi connectivity index (χ3n) is 1.52. The van der Waals surface area contributed by atoms with Gasteiger partial charge in [0.05, 0.1) is 0 Å². The Morgan fingerprint density at radius 1 is 1.36 bits per heavy atom. The summed E-state index contributed by atoms with van der Waals surface area (Å²) in [5.41, 5.74) is 6.38. The molecule has 0 amide bonds. The zero-order valence-electron chi connectivity index (χ0n) is 7.47. The molecule has 1 rings (SSSR count). The first-order chi connectivity index (χ1) is 6.22. The molecule has 1 aromatic rings. The quantitative estimate of drug-likeness (QED) is 0.790. The Bertz CT molecular complexity index is 287. The first kappa shape index (κ1) is 12.7. The van der Waals surface area contributed by atoms with Crippen molar-refractivity contribution in [2.75, 3.05) is 6.61 Å². The average molecular weight is 218 g/mol. The van der Waals surface area contributed by atoms with Crippen molar-refractivity contribution in [2.24, 2.45) is 5.73 Å². The Balaban J connectivity index is 0.00000169. The van der Waals surface area contributed by atoms with Crippen molar-refractivity contribution >= 4 is 18.4 Å². The summed E-state index contributed by atoms with van der Waals surface area (Å²) in [4.78, 5) is 10.2. The van der Waals surface area contributed by atoms with Crippen molar-refractivity contribution in [2.45, 2.75) is 6.54 Å². The number of nitrogens with two attached hydrogens (primary N) is 1. The molecule has 0 saturated carbocycles. The van der Waals surface area contributed by atoms with E-state index in [2.05, 4.69) is 0 Å². The minimum Gasteiger partial charge on any atom is -0.482 e. The largest absolute Gasteiger partial charge is 0.482 e. The van der Waals surface area contributed by atoms with E-state index < -0.39 is 5.97 Å². The molecule has 0 aliphatic rings. The van der Waals surface area contributed by atoms with Gasteiger partial charge in [0.15, 0.2) is 6.61 Å². The second-order valence-electron chi connectivity index (χ2n) is 2.53. The van der Waals surface area contributed by atoms with Crippen LogP contribution in [-0.4, -0.2) is 17.7 Å². The summed E-state index contributed by atoms with van der Waals surface area (Å²) < 4.78 is 4.93. The average Bonchev–Trinajstić information content (AvgIpc) is 2.15. The number of hydrogen-bond acceptors (Lipinski definition) is 3. The summed E-state index contributed by atoms with van der Waals surface area (Å²) in [6.07, 6.45) is 0. The number of rotatable bonds is 4. The first-order valence-corrected chi connectivity index (χ1v) is 3.86. The fourth-order valence-electron chi connectivity index (χ4n) is 0.867. The molecule has 0 aliphatic carbocycles. The smallest absolute Gasteiger partial charge is 0.341 e. The van der Waals surface area contributed by atoms with Crippen LogP contribution in [0.2, 0.25) is 0 Å². The van der Waals surface area contributed by atoms with Crippen LogP contribution in [-0.2, 0) is 11.3 Å². The van der Waals surface area contributed by atoms with Gasteiger partial charge in [-0.3, -0.25) is 0 Å². The lowest BCUT2D eigenvalue weighted by molar-refractivity contribution is -0.139. The molecule has 0 aliphatic heterocycles. The molecule has 5 heteroatoms. The fourth-order valence-corrected chi connectivity index (χ4v) is 0.867. The van der Waals surface area contributed by atoms with Crippen molar-refractivity contribution in [3.63, 3.8) is 0 Å². The summed E-state index contributed by atoms with van der Waals surface area (Å²) in [6.45, 7) is 0.154. The van der Waals surface area contributed by atoms with Gasteiger partial charge in [-0.05, 0) is 17.7 Å². The van der Waals surface area contributed by atoms with E-state index >= 15 is 0 Å². The third kappa shape index (κ3) is 4.11. The van der Waals surface area contributed by atoms with Gasteiger partial charge in [-0.2, -0.15) is 0 Å². The van der Waals surface area contributed by atoms with Crippen molar-refractivity contribution < 1.29 is 14.6 Å². The van der Waals surface area contributed by atoms with Crippen LogP contribution >= 0.6 is 12.4 Å². The zero-order valence-corrected chi connectivity index (χ0v) is 8.29. The zero-order chi connectivity index (χ0) is 9.68. The Labute approximate surface area is 88.1 Å². The lowest BCUT2D eigenvalue weighted by Crippen LogP contribution is -2.09. The molecule has 78 valence electrons. The summed E-state index contributed by atoms with van der Waals surface area (Å²) in [5.74, 6) is -0.442. The number of carboxylic acids is 1. The summed E-state index contributed by atoms with van der Waals surface area (Å²) >= 11 is 0. The maximum Gasteiger partial charge on any atom is 0.341 e. The van der Waals surface area contributed by atoms with Crippen LogP contribution in [0, 0.1) is 0 Å². The predicted molar refractivity (Wildman–Crippen MR) is 54.7 cm³/mol. The topological polar surface area (TPSA) is 72.5 Å². The number of hydrogen-bond donors (Lipinski definition) is 2. The van der Waals surface area contributed by atoms with Gasteiger partial charge >= 0.3 is 5.97 Å². The van der Waals surface area contributed by atoms with E-state index in [1.807, 2.05) is 0 Å². The van der Waals surface area contributed by atoms with Crippen LogP contribution in [0.5, 0.6) is 5.75 Å². The Morgan fingerprint density at radius 2 is 1.93 bits per heavy atom. The van der Waals surface area contributed by atoms with E-state index in [0.717, 1.165) is 5.56 Å². The molecule has 0 unspecified atom stereocenters. The van der Waals surface area contributed by atoms with Crippen LogP contribution in [0.15, 0.2) is 24.3 Å². The van der Waals surface area contributed by atoms with Crippen LogP contribution in [0.25, 0.3) is 0 Å². The normalized spacial score (nSPS) is 8.93. The summed E-state index contributed by atoms with van der Waals surface area (Å²) in [5, 5.41) is 8.33. The molecule has 0 radical (unpaired) electrons. The number of carboxylic acid groups (broad SMARTS) is 1. The lowest BCUT2D eigenvalue weighted by Gasteiger charge is -2.03. The first-order valence-electron chi connectivity index (χ1n) is 3.86. The highest BCUT2D eigenvalue weighted by atomic mass is 35.5. The molecular weight excluding hydrogens is 206 g/mol. The van der Waals surface area contributed by atoms with Crippen LogP contribution in [0.1, 0.15) is 5.56 Å². The number of ether oxygens (including phenoxy) is 1. The highest BCUT2D eigenvalue weighted by Gasteiger charge is 1.98. The molecule has 3 N–H and O–H groups in total. The molecular formula is C9H12ClNO3. The fraction of sp³-hybridized carbons (Fsp3) is 0.222. The lowest BCUT2D eigenvalue weighted by atomic mass is 10.2. The predicted octanol–water partition coefficient (Wildman–Crippen LogP) is 1.03. The molecule has 0 aromatic heterocycles. The molecule has 0 spiro atoms. The SMILES string of the molecule is Cl.NCc1ccc(OCC(=O)O)cc1. The molecule has 0 fully saturated rings. The summed E-state index contributed by atoms with van der Waals surface area (Å²) in [7, 11) is 0. The van der Waals surface area contributed by atoms with Crippen molar-refractivity contribution in [1.82, 2.24) is 0 Å². The molecule has 14 heavy (non-hydrogen) atoms. The van der Waals surface area contributed by atoms with E-state index in [4.69, 9.17) is 15.6 Å². The maximum atomic E-state index is 10.2. The van der Waals surface area contributed by atoms with Crippen molar-refractivity contribution in [1.29, 1.82) is 0 Å². The molecule has 4 nitrogen and oxygen atoms in total. The highest BCUT2D eigenvalue weighted by Crippen LogP contribution is 2.11. The second-order valence-corrected chi connectivity index (χ2v) is 2.53. The van der Waals surface area contributed by atoms with E-state index in [-0.39, 0.29) is 19.0 Å². The molecule has 1 aromatic carbocycles. The number of aliphatic carboxylic acids is 1. The molecule has 0 atom stereocenters. The number of benzene rings is 1. The van der Waals surface area contributed by atoms with Gasteiger partial charge < -0.3 is 15.6 Å². The number of carbonyl (C=O) groups is 1. The van der Waals surface area contributed by atoms with Gasteiger partial charge in [0.25, 0.3) is 0 Å². The Hall–Kier alpha value is -1.26. The van der Waals surface area contributed by atoms with Gasteiger partial charge in [-0.15, -0.1) is 12.4 Å². The monoisotopic (exact) mass is 217 g/mol. The van der Waals surface area contributed by atoms with Gasteiger partial charge in [-0.25, -0.2) is 4.79 Å². The molecule has 0 saturated heterocycles. The summed E-state index contributed by atoms with van der Waals surface area (Å²) in [6, 6.07) is 7.00. The van der Waals surface area contributed by atoms with Gasteiger partial charge in [0.2, 0.25) is 0 Å². The van der Waals surface area contributed by atoms with Crippen molar-refractivity contribution in [3.05, 3.63) is 29.8 Å². The van der Waals surface area contributed by atoms with Gasteiger partial charge in [-0.1, -0.05) is 12.1 Å². The maximum absolute atomic E-state index is 10.2. The van der Waals surface area contributed by atoms with E-state index in [1.165, 1.54) is 0 Å². The van der Waals surface area contributed by atoms with Crippen LogP contribution in [0.3, 0.4) is 0 Å². The Morgan fingerprint density at radius 3 is 2.36 bits per heavy atom. The van der Waals surface area contributed by atoms with E-state index in [9.17, 15) is 4.79 Å². The Kier molecular flexibility index (Phi) is 5.67. The minimum atomic E-state index is -0.983. The van der Waals surface area contributed by atoms with Crippen LogP contribution in [0.4, 0.5) is 0 Å². The second kappa shape index (κ2) is 6.23. The minimum absolute atomic E-state index is 0. The van der Waals surface area contributed by atoms with E-state index in [1.54, 1.807) is 24.3 Å².